The highest BCUT2D eigenvalue weighted by atomic mass is 35.5. The monoisotopic (exact) mass is 375 g/mol. The van der Waals surface area contributed by atoms with Gasteiger partial charge in [0.15, 0.2) is 0 Å². The molecule has 2 atom stereocenters. The van der Waals surface area contributed by atoms with Gasteiger partial charge in [0, 0.05) is 32.2 Å². The molecule has 0 aromatic heterocycles. The molecule has 0 aliphatic carbocycles. The highest BCUT2D eigenvalue weighted by Crippen LogP contribution is 2.15. The smallest absolute Gasteiger partial charge is 0.256 e. The Bertz CT molecular complexity index is 622. The van der Waals surface area contributed by atoms with Gasteiger partial charge in [0.25, 0.3) is 5.91 Å². The first kappa shape index (κ1) is 21.3. The highest BCUT2D eigenvalue weighted by molar-refractivity contribution is 5.94. The molecule has 2 amide bonds. The van der Waals surface area contributed by atoms with E-state index in [1.807, 2.05) is 13.8 Å². The Labute approximate surface area is 152 Å². The molecular formula is C17H24ClF2N3O2. The second-order valence-corrected chi connectivity index (χ2v) is 6.15. The number of amides is 2. The van der Waals surface area contributed by atoms with Gasteiger partial charge in [0.05, 0.1) is 11.6 Å². The van der Waals surface area contributed by atoms with Crippen LogP contribution in [-0.4, -0.2) is 53.8 Å². The van der Waals surface area contributed by atoms with Gasteiger partial charge in [0.2, 0.25) is 5.91 Å². The zero-order valence-corrected chi connectivity index (χ0v) is 15.2. The molecule has 1 aliphatic rings. The summed E-state index contributed by atoms with van der Waals surface area (Å²) in [7, 11) is 0. The Balaban J connectivity index is 0.00000312. The fourth-order valence-electron chi connectivity index (χ4n) is 2.67. The van der Waals surface area contributed by atoms with E-state index < -0.39 is 23.6 Å². The molecule has 2 N–H and O–H groups in total. The van der Waals surface area contributed by atoms with Crippen molar-refractivity contribution in [1.29, 1.82) is 0 Å². The van der Waals surface area contributed by atoms with Gasteiger partial charge < -0.3 is 15.5 Å². The molecule has 2 rings (SSSR count). The molecule has 1 heterocycles. The van der Waals surface area contributed by atoms with Crippen LogP contribution in [0.2, 0.25) is 0 Å². The van der Waals surface area contributed by atoms with Crippen LogP contribution in [0, 0.1) is 17.6 Å². The Morgan fingerprint density at radius 2 is 1.72 bits per heavy atom. The number of carbonyl (C=O) groups excluding carboxylic acids is 2. The maximum absolute atomic E-state index is 13.7. The van der Waals surface area contributed by atoms with Crippen LogP contribution in [0.5, 0.6) is 0 Å². The zero-order valence-electron chi connectivity index (χ0n) is 14.4. The summed E-state index contributed by atoms with van der Waals surface area (Å²) in [6.07, 6.45) is 0.815. The van der Waals surface area contributed by atoms with E-state index in [9.17, 15) is 18.4 Å². The fourth-order valence-corrected chi connectivity index (χ4v) is 2.67. The van der Waals surface area contributed by atoms with Gasteiger partial charge in [-0.05, 0) is 18.1 Å². The lowest BCUT2D eigenvalue weighted by Gasteiger charge is -2.36. The van der Waals surface area contributed by atoms with E-state index in [1.165, 1.54) is 4.90 Å². The molecule has 0 spiro atoms. The van der Waals surface area contributed by atoms with Crippen LogP contribution in [0.15, 0.2) is 18.2 Å². The van der Waals surface area contributed by atoms with Crippen LogP contribution in [0.3, 0.4) is 0 Å². The lowest BCUT2D eigenvalue weighted by Crippen LogP contribution is -2.55. The van der Waals surface area contributed by atoms with Crippen LogP contribution < -0.4 is 5.73 Å². The Morgan fingerprint density at radius 3 is 2.24 bits per heavy atom. The van der Waals surface area contributed by atoms with E-state index in [1.54, 1.807) is 4.90 Å². The summed E-state index contributed by atoms with van der Waals surface area (Å²) in [6.45, 7) is 5.23. The van der Waals surface area contributed by atoms with Crippen molar-refractivity contribution in [3.63, 3.8) is 0 Å². The Morgan fingerprint density at radius 1 is 1.16 bits per heavy atom. The number of nitrogens with zero attached hydrogens (tertiary/aromatic N) is 2. The molecule has 1 saturated heterocycles. The van der Waals surface area contributed by atoms with Gasteiger partial charge in [-0.2, -0.15) is 0 Å². The molecule has 8 heteroatoms. The van der Waals surface area contributed by atoms with Crippen molar-refractivity contribution in [3.8, 4) is 0 Å². The van der Waals surface area contributed by atoms with Crippen LogP contribution >= 0.6 is 12.4 Å². The van der Waals surface area contributed by atoms with Crippen molar-refractivity contribution in [2.75, 3.05) is 26.2 Å². The standard InChI is InChI=1S/C17H23F2N3O2.ClH/c1-3-11(2)15(20)17(24)22-8-6-21(7-9-22)16(23)13-5-4-12(18)10-14(13)19;/h4-5,10-11,15H,3,6-9,20H2,1-2H3;1H. The molecule has 0 bridgehead atoms. The maximum Gasteiger partial charge on any atom is 0.256 e. The first-order valence-corrected chi connectivity index (χ1v) is 8.13. The van der Waals surface area contributed by atoms with E-state index >= 15 is 0 Å². The highest BCUT2D eigenvalue weighted by Gasteiger charge is 2.30. The third-order valence-corrected chi connectivity index (χ3v) is 4.58. The summed E-state index contributed by atoms with van der Waals surface area (Å²) in [5, 5.41) is 0. The van der Waals surface area contributed by atoms with Crippen molar-refractivity contribution in [2.24, 2.45) is 11.7 Å². The van der Waals surface area contributed by atoms with Gasteiger partial charge in [-0.25, -0.2) is 8.78 Å². The number of benzene rings is 1. The predicted molar refractivity (Wildman–Crippen MR) is 93.5 cm³/mol. The first-order chi connectivity index (χ1) is 11.3. The Hall–Kier alpha value is -1.73. The summed E-state index contributed by atoms with van der Waals surface area (Å²) in [5.74, 6) is -2.13. The summed E-state index contributed by atoms with van der Waals surface area (Å²) < 4.78 is 26.7. The fraction of sp³-hybridized carbons (Fsp3) is 0.529. The molecule has 0 saturated carbocycles. The van der Waals surface area contributed by atoms with Crippen molar-refractivity contribution >= 4 is 24.2 Å². The van der Waals surface area contributed by atoms with Crippen molar-refractivity contribution in [1.82, 2.24) is 9.80 Å². The molecule has 1 aromatic carbocycles. The number of halogens is 3. The maximum atomic E-state index is 13.7. The second kappa shape index (κ2) is 9.10. The van der Waals surface area contributed by atoms with Gasteiger partial charge in [-0.15, -0.1) is 12.4 Å². The van der Waals surface area contributed by atoms with Crippen LogP contribution in [0.1, 0.15) is 30.6 Å². The topological polar surface area (TPSA) is 66.6 Å². The minimum atomic E-state index is -0.878. The SMILES string of the molecule is CCC(C)C(N)C(=O)N1CCN(C(=O)c2ccc(F)cc2F)CC1.Cl. The van der Waals surface area contributed by atoms with E-state index in [2.05, 4.69) is 0 Å². The van der Waals surface area contributed by atoms with Crippen LogP contribution in [0.4, 0.5) is 8.78 Å². The van der Waals surface area contributed by atoms with Crippen molar-refractivity contribution < 1.29 is 18.4 Å². The molecule has 2 unspecified atom stereocenters. The molecule has 25 heavy (non-hydrogen) atoms. The third kappa shape index (κ3) is 4.89. The third-order valence-electron chi connectivity index (χ3n) is 4.58. The first-order valence-electron chi connectivity index (χ1n) is 8.13. The van der Waals surface area contributed by atoms with Gasteiger partial charge in [0.1, 0.15) is 11.6 Å². The van der Waals surface area contributed by atoms with Gasteiger partial charge in [-0.1, -0.05) is 20.3 Å². The number of rotatable bonds is 4. The normalized spacial score (nSPS) is 16.8. The molecular weight excluding hydrogens is 352 g/mol. The van der Waals surface area contributed by atoms with E-state index in [0.717, 1.165) is 18.6 Å². The molecule has 1 aromatic rings. The van der Waals surface area contributed by atoms with Crippen molar-refractivity contribution in [3.05, 3.63) is 35.4 Å². The van der Waals surface area contributed by atoms with Gasteiger partial charge >= 0.3 is 0 Å². The lowest BCUT2D eigenvalue weighted by atomic mass is 9.98. The van der Waals surface area contributed by atoms with E-state index in [0.29, 0.717) is 32.2 Å². The number of nitrogens with two attached hydrogens (primary N) is 1. The van der Waals surface area contributed by atoms with E-state index in [4.69, 9.17) is 5.73 Å². The van der Waals surface area contributed by atoms with Gasteiger partial charge in [-0.3, -0.25) is 9.59 Å². The predicted octanol–water partition coefficient (Wildman–Crippen LogP) is 2.04. The quantitative estimate of drug-likeness (QED) is 0.875. The zero-order chi connectivity index (χ0) is 17.9. The summed E-state index contributed by atoms with van der Waals surface area (Å²) >= 11 is 0. The van der Waals surface area contributed by atoms with Crippen LogP contribution in [0.25, 0.3) is 0 Å². The largest absolute Gasteiger partial charge is 0.338 e. The number of hydrogen-bond donors (Lipinski definition) is 1. The minimum Gasteiger partial charge on any atom is -0.338 e. The molecule has 1 aliphatic heterocycles. The molecule has 1 fully saturated rings. The number of carbonyl (C=O) groups is 2. The number of piperazine rings is 1. The van der Waals surface area contributed by atoms with Crippen LogP contribution in [-0.2, 0) is 4.79 Å². The van der Waals surface area contributed by atoms with Crippen molar-refractivity contribution in [2.45, 2.75) is 26.3 Å². The number of hydrogen-bond acceptors (Lipinski definition) is 3. The summed E-state index contributed by atoms with van der Waals surface area (Å²) in [4.78, 5) is 27.8. The lowest BCUT2D eigenvalue weighted by molar-refractivity contribution is -0.135. The molecule has 5 nitrogen and oxygen atoms in total. The summed E-state index contributed by atoms with van der Waals surface area (Å²) in [6, 6.07) is 2.34. The average Bonchev–Trinajstić information content (AvgIpc) is 2.59. The molecule has 140 valence electrons. The average molecular weight is 376 g/mol. The summed E-state index contributed by atoms with van der Waals surface area (Å²) in [5.41, 5.74) is 5.81. The van der Waals surface area contributed by atoms with E-state index in [-0.39, 0.29) is 29.8 Å². The Kier molecular flexibility index (Phi) is 7.76. The minimum absolute atomic E-state index is 0. The second-order valence-electron chi connectivity index (χ2n) is 6.15. The molecule has 0 radical (unpaired) electrons.